The Bertz CT molecular complexity index is 873. The summed E-state index contributed by atoms with van der Waals surface area (Å²) in [7, 11) is 1.80. The number of amides is 1. The smallest absolute Gasteiger partial charge is 0.227 e. The Labute approximate surface area is 173 Å². The molecule has 152 valence electrons. The number of benzene rings is 2. The van der Waals surface area contributed by atoms with Gasteiger partial charge in [0.05, 0.1) is 0 Å². The summed E-state index contributed by atoms with van der Waals surface area (Å²) in [6.07, 6.45) is 4.73. The van der Waals surface area contributed by atoms with E-state index in [1.165, 1.54) is 24.0 Å². The lowest BCUT2D eigenvalue weighted by Gasteiger charge is -2.19. The van der Waals surface area contributed by atoms with Crippen molar-refractivity contribution in [1.82, 2.24) is 10.6 Å². The van der Waals surface area contributed by atoms with E-state index < -0.39 is 0 Å². The predicted octanol–water partition coefficient (Wildman–Crippen LogP) is 3.25. The number of rotatable bonds is 7. The minimum atomic E-state index is 0.209. The fourth-order valence-corrected chi connectivity index (χ4v) is 4.16. The maximum atomic E-state index is 12.6. The van der Waals surface area contributed by atoms with Crippen molar-refractivity contribution in [2.24, 2.45) is 4.99 Å². The van der Waals surface area contributed by atoms with Crippen molar-refractivity contribution in [3.63, 3.8) is 0 Å². The molecule has 0 radical (unpaired) electrons. The Morgan fingerprint density at radius 2 is 1.83 bits per heavy atom. The highest BCUT2D eigenvalue weighted by Gasteiger charge is 2.43. The third kappa shape index (κ3) is 4.44. The topological polar surface area (TPSA) is 56.7 Å². The largest absolute Gasteiger partial charge is 0.356 e. The maximum absolute atomic E-state index is 12.6. The molecule has 0 spiro atoms. The zero-order chi connectivity index (χ0) is 20.1. The van der Waals surface area contributed by atoms with Crippen LogP contribution in [0.15, 0.2) is 59.6 Å². The summed E-state index contributed by atoms with van der Waals surface area (Å²) in [5.41, 5.74) is 4.01. The molecule has 1 aliphatic carbocycles. The fourth-order valence-electron chi connectivity index (χ4n) is 4.16. The van der Waals surface area contributed by atoms with Gasteiger partial charge in [0.1, 0.15) is 0 Å². The molecule has 1 saturated carbocycles. The molecular weight excluding hydrogens is 360 g/mol. The summed E-state index contributed by atoms with van der Waals surface area (Å²) in [6.45, 7) is 2.43. The van der Waals surface area contributed by atoms with Crippen LogP contribution in [0.1, 0.15) is 36.8 Å². The number of fused-ring (bicyclic) bond motifs is 1. The number of nitrogens with zero attached hydrogens (tertiary/aromatic N) is 2. The summed E-state index contributed by atoms with van der Waals surface area (Å²) < 4.78 is 0. The van der Waals surface area contributed by atoms with Crippen molar-refractivity contribution in [3.05, 3.63) is 65.7 Å². The fraction of sp³-hybridized carbons (Fsp3) is 0.417. The summed E-state index contributed by atoms with van der Waals surface area (Å²) in [5, 5.41) is 6.82. The number of nitrogens with one attached hydrogen (secondary N) is 2. The SMILES string of the molecule is CN=C(NCCCC(=O)N1CCc2ccccc21)NCC1(c2ccccc2)CC1. The van der Waals surface area contributed by atoms with Crippen LogP contribution in [0.3, 0.4) is 0 Å². The van der Waals surface area contributed by atoms with E-state index in [1.807, 2.05) is 23.1 Å². The van der Waals surface area contributed by atoms with Gasteiger partial charge < -0.3 is 15.5 Å². The first-order valence-electron chi connectivity index (χ1n) is 10.6. The first kappa shape index (κ1) is 19.5. The van der Waals surface area contributed by atoms with E-state index in [0.717, 1.165) is 44.1 Å². The Kier molecular flexibility index (Phi) is 5.84. The molecular formula is C24H30N4O. The number of guanidine groups is 1. The number of carbonyl (C=O) groups is 1. The third-order valence-electron chi connectivity index (χ3n) is 6.11. The van der Waals surface area contributed by atoms with Gasteiger partial charge in [0, 0.05) is 44.2 Å². The molecule has 2 aliphatic rings. The van der Waals surface area contributed by atoms with Gasteiger partial charge in [-0.2, -0.15) is 0 Å². The zero-order valence-corrected chi connectivity index (χ0v) is 17.2. The second-order valence-electron chi connectivity index (χ2n) is 8.03. The molecule has 5 nitrogen and oxygen atoms in total. The van der Waals surface area contributed by atoms with E-state index in [2.05, 4.69) is 52.0 Å². The zero-order valence-electron chi connectivity index (χ0n) is 17.2. The summed E-state index contributed by atoms with van der Waals surface area (Å²) >= 11 is 0. The lowest BCUT2D eigenvalue weighted by atomic mass is 9.96. The summed E-state index contributed by atoms with van der Waals surface area (Å²) in [4.78, 5) is 18.9. The molecule has 1 aliphatic heterocycles. The predicted molar refractivity (Wildman–Crippen MR) is 118 cm³/mol. The van der Waals surface area contributed by atoms with E-state index in [-0.39, 0.29) is 11.3 Å². The molecule has 0 aromatic heterocycles. The van der Waals surface area contributed by atoms with Crippen LogP contribution in [0, 0.1) is 0 Å². The van der Waals surface area contributed by atoms with Gasteiger partial charge >= 0.3 is 0 Å². The van der Waals surface area contributed by atoms with E-state index in [0.29, 0.717) is 6.42 Å². The van der Waals surface area contributed by atoms with Crippen LogP contribution in [0.5, 0.6) is 0 Å². The Balaban J connectivity index is 1.20. The van der Waals surface area contributed by atoms with Crippen LogP contribution in [0.4, 0.5) is 5.69 Å². The van der Waals surface area contributed by atoms with Crippen molar-refractivity contribution in [3.8, 4) is 0 Å². The van der Waals surface area contributed by atoms with Crippen molar-refractivity contribution in [2.75, 3.05) is 31.6 Å². The van der Waals surface area contributed by atoms with Crippen molar-refractivity contribution < 1.29 is 4.79 Å². The van der Waals surface area contributed by atoms with Crippen LogP contribution in [-0.2, 0) is 16.6 Å². The van der Waals surface area contributed by atoms with Gasteiger partial charge in [-0.25, -0.2) is 0 Å². The Hall–Kier alpha value is -2.82. The first-order chi connectivity index (χ1) is 14.2. The minimum absolute atomic E-state index is 0.209. The molecule has 1 heterocycles. The minimum Gasteiger partial charge on any atom is -0.356 e. The summed E-state index contributed by atoms with van der Waals surface area (Å²) in [5.74, 6) is 1.02. The van der Waals surface area contributed by atoms with Gasteiger partial charge in [-0.3, -0.25) is 9.79 Å². The van der Waals surface area contributed by atoms with Crippen LogP contribution in [0.25, 0.3) is 0 Å². The van der Waals surface area contributed by atoms with Crippen LogP contribution < -0.4 is 15.5 Å². The molecule has 0 atom stereocenters. The van der Waals surface area contributed by atoms with Gasteiger partial charge in [0.2, 0.25) is 5.91 Å². The number of anilines is 1. The molecule has 0 unspecified atom stereocenters. The lowest BCUT2D eigenvalue weighted by molar-refractivity contribution is -0.118. The standard InChI is InChI=1S/C24H30N4O/c1-25-23(27-18-24(14-15-24)20-9-3-2-4-10-20)26-16-7-12-22(29)28-17-13-19-8-5-6-11-21(19)28/h2-6,8-11H,7,12-18H2,1H3,(H2,25,26,27). The summed E-state index contributed by atoms with van der Waals surface area (Å²) in [6, 6.07) is 18.9. The Morgan fingerprint density at radius 3 is 2.59 bits per heavy atom. The second kappa shape index (κ2) is 8.68. The number of hydrogen-bond acceptors (Lipinski definition) is 2. The number of carbonyl (C=O) groups excluding carboxylic acids is 1. The highest BCUT2D eigenvalue weighted by molar-refractivity contribution is 5.95. The molecule has 1 amide bonds. The average Bonchev–Trinajstić information content (AvgIpc) is 3.44. The molecule has 5 heteroatoms. The quantitative estimate of drug-likeness (QED) is 0.433. The van der Waals surface area contributed by atoms with Crippen LogP contribution in [-0.4, -0.2) is 38.5 Å². The van der Waals surface area contributed by atoms with Crippen LogP contribution in [0.2, 0.25) is 0 Å². The van der Waals surface area contributed by atoms with Crippen molar-refractivity contribution in [1.29, 1.82) is 0 Å². The van der Waals surface area contributed by atoms with Gasteiger partial charge in [0.25, 0.3) is 0 Å². The molecule has 2 aromatic carbocycles. The second-order valence-corrected chi connectivity index (χ2v) is 8.03. The Morgan fingerprint density at radius 1 is 1.07 bits per heavy atom. The van der Waals surface area contributed by atoms with Crippen LogP contribution >= 0.6 is 0 Å². The molecule has 0 bridgehead atoms. The van der Waals surface area contributed by atoms with Gasteiger partial charge in [-0.05, 0) is 42.9 Å². The third-order valence-corrected chi connectivity index (χ3v) is 6.11. The average molecular weight is 391 g/mol. The molecule has 0 saturated heterocycles. The van der Waals surface area contributed by atoms with E-state index in [4.69, 9.17) is 0 Å². The highest BCUT2D eigenvalue weighted by Crippen LogP contribution is 2.47. The molecule has 1 fully saturated rings. The number of para-hydroxylation sites is 1. The number of aliphatic imine (C=N–C) groups is 1. The van der Waals surface area contributed by atoms with E-state index in [1.54, 1.807) is 7.05 Å². The number of hydrogen-bond donors (Lipinski definition) is 2. The molecule has 2 N–H and O–H groups in total. The van der Waals surface area contributed by atoms with Gasteiger partial charge in [-0.1, -0.05) is 48.5 Å². The molecule has 2 aromatic rings. The normalized spacial score (nSPS) is 17.0. The molecule has 29 heavy (non-hydrogen) atoms. The van der Waals surface area contributed by atoms with E-state index in [9.17, 15) is 4.79 Å². The maximum Gasteiger partial charge on any atom is 0.227 e. The monoisotopic (exact) mass is 390 g/mol. The van der Waals surface area contributed by atoms with Gasteiger partial charge in [0.15, 0.2) is 5.96 Å². The van der Waals surface area contributed by atoms with E-state index >= 15 is 0 Å². The molecule has 4 rings (SSSR count). The van der Waals surface area contributed by atoms with Crippen molar-refractivity contribution in [2.45, 2.75) is 37.5 Å². The lowest BCUT2D eigenvalue weighted by Crippen LogP contribution is -2.41. The van der Waals surface area contributed by atoms with Gasteiger partial charge in [-0.15, -0.1) is 0 Å². The first-order valence-corrected chi connectivity index (χ1v) is 10.6. The van der Waals surface area contributed by atoms with Crippen molar-refractivity contribution >= 4 is 17.6 Å². The highest BCUT2D eigenvalue weighted by atomic mass is 16.2.